The van der Waals surface area contributed by atoms with Gasteiger partial charge in [0.2, 0.25) is 0 Å². The molecule has 5 nitrogen and oxygen atoms in total. The van der Waals surface area contributed by atoms with E-state index in [1.54, 1.807) is 0 Å². The van der Waals surface area contributed by atoms with Crippen LogP contribution in [-0.4, -0.2) is 19.6 Å². The Hall–Kier alpha value is -4.17. The summed E-state index contributed by atoms with van der Waals surface area (Å²) < 4.78 is 5.02. The highest BCUT2D eigenvalue weighted by Gasteiger charge is 2.07. The molecule has 2 aromatic heterocycles. The summed E-state index contributed by atoms with van der Waals surface area (Å²) in [5.74, 6) is 0. The van der Waals surface area contributed by atoms with E-state index in [-0.39, 0.29) is 0 Å². The Labute approximate surface area is 236 Å². The third-order valence-corrected chi connectivity index (χ3v) is 6.88. The number of aromatic nitrogens is 4. The van der Waals surface area contributed by atoms with E-state index >= 15 is 0 Å². The quantitative estimate of drug-likeness (QED) is 0.165. The van der Waals surface area contributed by atoms with Crippen LogP contribution in [0, 0.1) is 3.57 Å². The Bertz CT molecular complexity index is 1610. The summed E-state index contributed by atoms with van der Waals surface area (Å²) in [4.78, 5) is 0. The molecule has 0 saturated carbocycles. The molecule has 4 aromatic carbocycles. The maximum absolute atomic E-state index is 5.81. The van der Waals surface area contributed by atoms with Crippen LogP contribution in [0.5, 0.6) is 0 Å². The number of aryl methyl sites for hydroxylation is 2. The van der Waals surface area contributed by atoms with Crippen LogP contribution in [0.2, 0.25) is 0 Å². The Balaban J connectivity index is 0.000000155. The van der Waals surface area contributed by atoms with Gasteiger partial charge in [0.25, 0.3) is 0 Å². The third kappa shape index (κ3) is 5.86. The first kappa shape index (κ1) is 25.5. The molecule has 0 unspecified atom stereocenters. The molecule has 0 bridgehead atoms. The normalized spacial score (nSPS) is 11.4. The van der Waals surface area contributed by atoms with Crippen molar-refractivity contribution in [3.05, 3.63) is 123 Å². The molecule has 6 rings (SSSR count). The number of nitrogens with zero attached hydrogens (tertiary/aromatic N) is 4. The van der Waals surface area contributed by atoms with Gasteiger partial charge in [-0.25, -0.2) is 0 Å². The molecule has 2 heterocycles. The van der Waals surface area contributed by atoms with E-state index in [9.17, 15) is 0 Å². The number of rotatable bonds is 4. The van der Waals surface area contributed by atoms with E-state index in [0.29, 0.717) is 0 Å². The van der Waals surface area contributed by atoms with E-state index in [0.717, 1.165) is 33.5 Å². The number of hydrogen-bond donors (Lipinski definition) is 1. The molecule has 0 atom stereocenters. The molecule has 0 aliphatic heterocycles. The SMILES string of the molecule is Cn1nc(/C=C/c2ccccc2)c2ccc(I)cc21.Cn1nc(/C=C/c2ccccc2)c2ccc(N)cc21. The number of nitrogen functional groups attached to an aromatic ring is 1. The zero-order valence-electron chi connectivity index (χ0n) is 21.3. The summed E-state index contributed by atoms with van der Waals surface area (Å²) in [6.07, 6.45) is 8.27. The molecule has 0 aliphatic rings. The third-order valence-electron chi connectivity index (χ3n) is 6.21. The summed E-state index contributed by atoms with van der Waals surface area (Å²) in [5, 5.41) is 11.4. The van der Waals surface area contributed by atoms with Crippen LogP contribution in [0.25, 0.3) is 46.1 Å². The van der Waals surface area contributed by atoms with Gasteiger partial charge in [-0.2, -0.15) is 10.2 Å². The average molecular weight is 610 g/mol. The molecule has 188 valence electrons. The summed E-state index contributed by atoms with van der Waals surface area (Å²) >= 11 is 2.33. The lowest BCUT2D eigenvalue weighted by molar-refractivity contribution is 0.793. The highest BCUT2D eigenvalue weighted by atomic mass is 127. The Morgan fingerprint density at radius 1 is 0.605 bits per heavy atom. The largest absolute Gasteiger partial charge is 0.399 e. The fraction of sp³-hybridized carbons (Fsp3) is 0.0625. The molecule has 0 radical (unpaired) electrons. The standard InChI is InChI=1S/C16H13IN2.C16H15N3/c2*1-19-16-11-13(17)8-9-14(16)15(18-19)10-7-12-5-3-2-4-6-12/h2-11H,1H3;2-11H,17H2,1H3/b2*10-7+. The summed E-state index contributed by atoms with van der Waals surface area (Å²) in [7, 11) is 3.92. The van der Waals surface area contributed by atoms with E-state index in [1.807, 2.05) is 84.1 Å². The van der Waals surface area contributed by atoms with Gasteiger partial charge >= 0.3 is 0 Å². The molecule has 2 N–H and O–H groups in total. The van der Waals surface area contributed by atoms with Crippen molar-refractivity contribution in [1.29, 1.82) is 0 Å². The molecule has 0 spiro atoms. The summed E-state index contributed by atoms with van der Waals surface area (Å²) in [6, 6.07) is 32.8. The van der Waals surface area contributed by atoms with Crippen molar-refractivity contribution >= 4 is 74.4 Å². The number of anilines is 1. The molecule has 6 heteroatoms. The van der Waals surface area contributed by atoms with E-state index in [1.165, 1.54) is 20.0 Å². The average Bonchev–Trinajstić information content (AvgIpc) is 3.42. The number of benzene rings is 4. The van der Waals surface area contributed by atoms with Crippen LogP contribution >= 0.6 is 22.6 Å². The van der Waals surface area contributed by atoms with Crippen molar-refractivity contribution in [2.45, 2.75) is 0 Å². The first-order valence-corrected chi connectivity index (χ1v) is 13.4. The van der Waals surface area contributed by atoms with E-state index in [4.69, 9.17) is 5.73 Å². The van der Waals surface area contributed by atoms with Gasteiger partial charge in [0.05, 0.1) is 22.4 Å². The summed E-state index contributed by atoms with van der Waals surface area (Å²) in [5.41, 5.74) is 13.1. The van der Waals surface area contributed by atoms with Crippen molar-refractivity contribution in [2.75, 3.05) is 5.73 Å². The van der Waals surface area contributed by atoms with Crippen LogP contribution in [0.3, 0.4) is 0 Å². The van der Waals surface area contributed by atoms with Crippen LogP contribution in [-0.2, 0) is 14.1 Å². The topological polar surface area (TPSA) is 61.7 Å². The zero-order chi connectivity index (χ0) is 26.5. The number of hydrogen-bond acceptors (Lipinski definition) is 3. The second-order valence-electron chi connectivity index (χ2n) is 8.94. The zero-order valence-corrected chi connectivity index (χ0v) is 23.4. The number of fused-ring (bicyclic) bond motifs is 2. The lowest BCUT2D eigenvalue weighted by Crippen LogP contribution is -1.90. The molecular formula is C32H28IN5. The minimum atomic E-state index is 0.758. The minimum Gasteiger partial charge on any atom is -0.399 e. The van der Waals surface area contributed by atoms with Gasteiger partial charge in [-0.05, 0) is 82.3 Å². The predicted molar refractivity (Wildman–Crippen MR) is 169 cm³/mol. The van der Waals surface area contributed by atoms with Gasteiger partial charge in [0.1, 0.15) is 0 Å². The Morgan fingerprint density at radius 2 is 1.08 bits per heavy atom. The van der Waals surface area contributed by atoms with Crippen LogP contribution in [0.15, 0.2) is 97.1 Å². The first-order valence-electron chi connectivity index (χ1n) is 12.3. The van der Waals surface area contributed by atoms with Gasteiger partial charge in [0.15, 0.2) is 0 Å². The van der Waals surface area contributed by atoms with Crippen molar-refractivity contribution in [1.82, 2.24) is 19.6 Å². The second kappa shape index (κ2) is 11.5. The Kier molecular flexibility index (Phi) is 7.70. The van der Waals surface area contributed by atoms with Gasteiger partial charge < -0.3 is 5.73 Å². The van der Waals surface area contributed by atoms with Crippen molar-refractivity contribution in [3.63, 3.8) is 0 Å². The van der Waals surface area contributed by atoms with Gasteiger partial charge in [0, 0.05) is 34.1 Å². The molecule has 0 aliphatic carbocycles. The molecule has 0 fully saturated rings. The lowest BCUT2D eigenvalue weighted by atomic mass is 10.1. The van der Waals surface area contributed by atoms with Crippen molar-refractivity contribution < 1.29 is 0 Å². The highest BCUT2D eigenvalue weighted by Crippen LogP contribution is 2.23. The van der Waals surface area contributed by atoms with Gasteiger partial charge in [-0.15, -0.1) is 0 Å². The molecule has 38 heavy (non-hydrogen) atoms. The minimum absolute atomic E-state index is 0.758. The van der Waals surface area contributed by atoms with Crippen LogP contribution < -0.4 is 5.73 Å². The van der Waals surface area contributed by atoms with Crippen LogP contribution in [0.4, 0.5) is 5.69 Å². The summed E-state index contributed by atoms with van der Waals surface area (Å²) in [6.45, 7) is 0. The van der Waals surface area contributed by atoms with Gasteiger partial charge in [-0.3, -0.25) is 9.36 Å². The molecule has 0 saturated heterocycles. The van der Waals surface area contributed by atoms with E-state index < -0.39 is 0 Å². The molecule has 0 amide bonds. The Morgan fingerprint density at radius 3 is 1.61 bits per heavy atom. The fourth-order valence-corrected chi connectivity index (χ4v) is 4.76. The predicted octanol–water partition coefficient (Wildman–Crippen LogP) is 7.67. The second-order valence-corrected chi connectivity index (χ2v) is 10.2. The highest BCUT2D eigenvalue weighted by molar-refractivity contribution is 14.1. The van der Waals surface area contributed by atoms with Gasteiger partial charge in [-0.1, -0.05) is 72.8 Å². The number of nitrogens with two attached hydrogens (primary N) is 1. The monoisotopic (exact) mass is 609 g/mol. The fourth-order valence-electron chi connectivity index (χ4n) is 4.29. The van der Waals surface area contributed by atoms with Crippen molar-refractivity contribution in [2.24, 2.45) is 14.1 Å². The maximum atomic E-state index is 5.81. The van der Waals surface area contributed by atoms with Crippen LogP contribution in [0.1, 0.15) is 22.5 Å². The van der Waals surface area contributed by atoms with E-state index in [2.05, 4.69) is 93.5 Å². The first-order chi connectivity index (χ1) is 18.5. The molecule has 6 aromatic rings. The number of halogens is 1. The molecular weight excluding hydrogens is 581 g/mol. The lowest BCUT2D eigenvalue weighted by Gasteiger charge is -1.95. The maximum Gasteiger partial charge on any atom is 0.0929 e. The van der Waals surface area contributed by atoms with Crippen molar-refractivity contribution in [3.8, 4) is 0 Å². The smallest absolute Gasteiger partial charge is 0.0929 e.